The largest absolute Gasteiger partial charge is 0.484 e. The van der Waals surface area contributed by atoms with Crippen molar-refractivity contribution in [2.75, 3.05) is 17.7 Å². The van der Waals surface area contributed by atoms with Crippen LogP contribution in [0, 0.1) is 0 Å². The molecule has 0 unspecified atom stereocenters. The first-order chi connectivity index (χ1) is 10.1. The molecule has 0 heterocycles. The molecule has 0 atom stereocenters. The van der Waals surface area contributed by atoms with E-state index in [4.69, 9.17) is 22.1 Å². The van der Waals surface area contributed by atoms with E-state index in [9.17, 15) is 4.79 Å². The molecule has 110 valence electrons. The fourth-order valence-corrected chi connectivity index (χ4v) is 2.08. The van der Waals surface area contributed by atoms with Gasteiger partial charge in [0.1, 0.15) is 5.75 Å². The molecule has 5 heteroatoms. The van der Waals surface area contributed by atoms with E-state index in [0.717, 1.165) is 12.0 Å². The highest BCUT2D eigenvalue weighted by Crippen LogP contribution is 2.22. The van der Waals surface area contributed by atoms with Crippen LogP contribution in [0.15, 0.2) is 42.5 Å². The molecule has 2 aromatic rings. The van der Waals surface area contributed by atoms with Gasteiger partial charge in [-0.05, 0) is 54.4 Å². The molecule has 3 N–H and O–H groups in total. The van der Waals surface area contributed by atoms with Gasteiger partial charge in [0.15, 0.2) is 6.61 Å². The number of nitrogens with one attached hydrogen (secondary N) is 1. The van der Waals surface area contributed by atoms with Crippen LogP contribution in [0.1, 0.15) is 12.5 Å². The number of aryl methyl sites for hydroxylation is 1. The van der Waals surface area contributed by atoms with Crippen LogP contribution in [0.5, 0.6) is 5.75 Å². The number of carbonyl (C=O) groups excluding carboxylic acids is 1. The predicted molar refractivity (Wildman–Crippen MR) is 85.8 cm³/mol. The Kier molecular flexibility index (Phi) is 5.06. The standard InChI is InChI=1S/C16H17ClN2O2/c1-2-11-9-14(7-8-15(11)17)21-10-16(20)19-13-5-3-12(18)4-6-13/h3-9H,2,10,18H2,1H3,(H,19,20). The summed E-state index contributed by atoms with van der Waals surface area (Å²) in [5.41, 5.74) is 7.91. The number of hydrogen-bond acceptors (Lipinski definition) is 3. The predicted octanol–water partition coefficient (Wildman–Crippen LogP) is 3.50. The molecule has 21 heavy (non-hydrogen) atoms. The first-order valence-electron chi connectivity index (χ1n) is 6.65. The molecule has 0 aliphatic rings. The number of nitrogens with two attached hydrogens (primary N) is 1. The zero-order chi connectivity index (χ0) is 15.2. The van der Waals surface area contributed by atoms with E-state index in [1.165, 1.54) is 0 Å². The van der Waals surface area contributed by atoms with Crippen molar-refractivity contribution >= 4 is 28.9 Å². The van der Waals surface area contributed by atoms with Gasteiger partial charge in [0.2, 0.25) is 0 Å². The number of ether oxygens (including phenoxy) is 1. The lowest BCUT2D eigenvalue weighted by molar-refractivity contribution is -0.118. The molecule has 0 fully saturated rings. The average molecular weight is 305 g/mol. The number of rotatable bonds is 5. The van der Waals surface area contributed by atoms with Crippen LogP contribution in [0.25, 0.3) is 0 Å². The van der Waals surface area contributed by atoms with Gasteiger partial charge >= 0.3 is 0 Å². The van der Waals surface area contributed by atoms with Gasteiger partial charge in [0, 0.05) is 16.4 Å². The van der Waals surface area contributed by atoms with E-state index >= 15 is 0 Å². The Balaban J connectivity index is 1.90. The molecule has 1 amide bonds. The molecule has 0 aliphatic carbocycles. The summed E-state index contributed by atoms with van der Waals surface area (Å²) in [5.74, 6) is 0.400. The van der Waals surface area contributed by atoms with Gasteiger partial charge in [0.05, 0.1) is 0 Å². The van der Waals surface area contributed by atoms with Gasteiger partial charge < -0.3 is 15.8 Å². The van der Waals surface area contributed by atoms with Crippen molar-refractivity contribution in [3.8, 4) is 5.75 Å². The number of hydrogen-bond donors (Lipinski definition) is 2. The van der Waals surface area contributed by atoms with E-state index in [0.29, 0.717) is 22.1 Å². The lowest BCUT2D eigenvalue weighted by atomic mass is 10.1. The average Bonchev–Trinajstić information content (AvgIpc) is 2.49. The molecule has 0 aliphatic heterocycles. The van der Waals surface area contributed by atoms with Gasteiger partial charge in [-0.2, -0.15) is 0 Å². The summed E-state index contributed by atoms with van der Waals surface area (Å²) >= 11 is 6.03. The summed E-state index contributed by atoms with van der Waals surface area (Å²) in [6.07, 6.45) is 0.813. The van der Waals surface area contributed by atoms with Gasteiger partial charge in [-0.25, -0.2) is 0 Å². The summed E-state index contributed by atoms with van der Waals surface area (Å²) in [6, 6.07) is 12.3. The highest BCUT2D eigenvalue weighted by Gasteiger charge is 2.05. The minimum Gasteiger partial charge on any atom is -0.484 e. The summed E-state index contributed by atoms with van der Waals surface area (Å²) in [7, 11) is 0. The third kappa shape index (κ3) is 4.39. The fraction of sp³-hybridized carbons (Fsp3) is 0.188. The maximum Gasteiger partial charge on any atom is 0.262 e. The molecule has 2 rings (SSSR count). The molecule has 0 saturated heterocycles. The third-order valence-corrected chi connectivity index (χ3v) is 3.33. The van der Waals surface area contributed by atoms with E-state index in [1.54, 1.807) is 36.4 Å². The summed E-state index contributed by atoms with van der Waals surface area (Å²) < 4.78 is 5.47. The van der Waals surface area contributed by atoms with Gasteiger partial charge in [-0.3, -0.25) is 4.79 Å². The van der Waals surface area contributed by atoms with Crippen molar-refractivity contribution in [3.63, 3.8) is 0 Å². The van der Waals surface area contributed by atoms with Crippen molar-refractivity contribution in [2.24, 2.45) is 0 Å². The maximum atomic E-state index is 11.8. The second-order valence-corrected chi connectivity index (χ2v) is 4.97. The fourth-order valence-electron chi connectivity index (χ4n) is 1.82. The highest BCUT2D eigenvalue weighted by molar-refractivity contribution is 6.31. The number of benzene rings is 2. The van der Waals surface area contributed by atoms with Crippen LogP contribution in [0.4, 0.5) is 11.4 Å². The Morgan fingerprint density at radius 1 is 1.24 bits per heavy atom. The summed E-state index contributed by atoms with van der Waals surface area (Å²) in [4.78, 5) is 11.8. The molecule has 4 nitrogen and oxygen atoms in total. The molecule has 0 spiro atoms. The molecular weight excluding hydrogens is 288 g/mol. The molecule has 0 saturated carbocycles. The lowest BCUT2D eigenvalue weighted by Crippen LogP contribution is -2.20. The number of amides is 1. The number of carbonyl (C=O) groups is 1. The Morgan fingerprint density at radius 3 is 2.62 bits per heavy atom. The first kappa shape index (κ1) is 15.2. The molecule has 0 bridgehead atoms. The summed E-state index contributed by atoms with van der Waals surface area (Å²) in [6.45, 7) is 1.95. The Labute approximate surface area is 128 Å². The second-order valence-electron chi connectivity index (χ2n) is 4.57. The normalized spacial score (nSPS) is 10.2. The van der Waals surface area contributed by atoms with Crippen molar-refractivity contribution in [1.29, 1.82) is 0 Å². The Hall–Kier alpha value is -2.20. The molecular formula is C16H17ClN2O2. The minimum atomic E-state index is -0.229. The molecule has 0 aromatic heterocycles. The second kappa shape index (κ2) is 6.99. The van der Waals surface area contributed by atoms with Crippen LogP contribution in [-0.4, -0.2) is 12.5 Å². The Bertz CT molecular complexity index is 627. The van der Waals surface area contributed by atoms with Crippen molar-refractivity contribution in [2.45, 2.75) is 13.3 Å². The third-order valence-electron chi connectivity index (χ3n) is 2.96. The number of anilines is 2. The van der Waals surface area contributed by atoms with Gasteiger partial charge in [-0.15, -0.1) is 0 Å². The number of halogens is 1. The summed E-state index contributed by atoms with van der Waals surface area (Å²) in [5, 5.41) is 3.44. The van der Waals surface area contributed by atoms with Crippen LogP contribution in [-0.2, 0) is 11.2 Å². The van der Waals surface area contributed by atoms with Gasteiger partial charge in [0.25, 0.3) is 5.91 Å². The van der Waals surface area contributed by atoms with Crippen molar-refractivity contribution in [3.05, 3.63) is 53.1 Å². The first-order valence-corrected chi connectivity index (χ1v) is 7.03. The van der Waals surface area contributed by atoms with E-state index in [1.807, 2.05) is 13.0 Å². The SMILES string of the molecule is CCc1cc(OCC(=O)Nc2ccc(N)cc2)ccc1Cl. The monoisotopic (exact) mass is 304 g/mol. The smallest absolute Gasteiger partial charge is 0.262 e. The maximum absolute atomic E-state index is 11.8. The number of nitrogen functional groups attached to an aromatic ring is 1. The van der Waals surface area contributed by atoms with E-state index in [2.05, 4.69) is 5.32 Å². The van der Waals surface area contributed by atoms with E-state index < -0.39 is 0 Å². The highest BCUT2D eigenvalue weighted by atomic mass is 35.5. The van der Waals surface area contributed by atoms with Crippen molar-refractivity contribution in [1.82, 2.24) is 0 Å². The van der Waals surface area contributed by atoms with Gasteiger partial charge in [-0.1, -0.05) is 18.5 Å². The quantitative estimate of drug-likeness (QED) is 0.831. The van der Waals surface area contributed by atoms with Crippen LogP contribution >= 0.6 is 11.6 Å². The zero-order valence-corrected chi connectivity index (χ0v) is 12.5. The van der Waals surface area contributed by atoms with Crippen LogP contribution in [0.3, 0.4) is 0 Å². The van der Waals surface area contributed by atoms with Crippen LogP contribution < -0.4 is 15.8 Å². The van der Waals surface area contributed by atoms with E-state index in [-0.39, 0.29) is 12.5 Å². The Morgan fingerprint density at radius 2 is 1.95 bits per heavy atom. The lowest BCUT2D eigenvalue weighted by Gasteiger charge is -2.09. The zero-order valence-electron chi connectivity index (χ0n) is 11.7. The molecule has 2 aromatic carbocycles. The van der Waals surface area contributed by atoms with Crippen LogP contribution in [0.2, 0.25) is 5.02 Å². The minimum absolute atomic E-state index is 0.0604. The molecule has 0 radical (unpaired) electrons. The van der Waals surface area contributed by atoms with Crippen molar-refractivity contribution < 1.29 is 9.53 Å². The topological polar surface area (TPSA) is 64.3 Å².